The molecule has 1 aliphatic heterocycles. The smallest absolute Gasteiger partial charge is 0.137 e. The van der Waals surface area contributed by atoms with Crippen LogP contribution in [0.25, 0.3) is 5.57 Å². The number of hydrogen-bond donors (Lipinski definition) is 0. The van der Waals surface area contributed by atoms with Crippen molar-refractivity contribution < 1.29 is 9.15 Å². The number of hydrogen-bond acceptors (Lipinski definition) is 2. The summed E-state index contributed by atoms with van der Waals surface area (Å²) in [7, 11) is 0. The third-order valence-corrected chi connectivity index (χ3v) is 2.15. The Balaban J connectivity index is 2.52. The molecule has 2 rings (SSSR count). The van der Waals surface area contributed by atoms with Crippen molar-refractivity contribution in [1.82, 2.24) is 0 Å². The molecule has 12 heavy (non-hydrogen) atoms. The zero-order valence-electron chi connectivity index (χ0n) is 7.39. The molecule has 1 aromatic rings. The van der Waals surface area contributed by atoms with Crippen molar-refractivity contribution in [2.24, 2.45) is 0 Å². The molecule has 0 spiro atoms. The van der Waals surface area contributed by atoms with Crippen LogP contribution in [0.3, 0.4) is 0 Å². The van der Waals surface area contributed by atoms with Crippen LogP contribution in [0.5, 0.6) is 0 Å². The Bertz CT molecular complexity index is 316. The molecule has 2 nitrogen and oxygen atoms in total. The maximum Gasteiger partial charge on any atom is 0.137 e. The molecule has 0 saturated carbocycles. The third kappa shape index (κ3) is 1.08. The molecule has 2 heteroatoms. The van der Waals surface area contributed by atoms with E-state index < -0.39 is 0 Å². The number of ether oxygens (including phenoxy) is 1. The van der Waals surface area contributed by atoms with Gasteiger partial charge in [0.2, 0.25) is 0 Å². The first-order valence-electron chi connectivity index (χ1n) is 4.10. The van der Waals surface area contributed by atoms with Crippen molar-refractivity contribution in [3.8, 4) is 0 Å². The molecular formula is C10H12O2. The van der Waals surface area contributed by atoms with Crippen LogP contribution < -0.4 is 0 Å². The SMILES string of the molecule is CC(C)=C1COCc2occc21. The molecule has 0 saturated heterocycles. The van der Waals surface area contributed by atoms with E-state index in [1.807, 2.05) is 6.07 Å². The average molecular weight is 164 g/mol. The highest BCUT2D eigenvalue weighted by Crippen LogP contribution is 2.28. The van der Waals surface area contributed by atoms with Gasteiger partial charge in [-0.2, -0.15) is 0 Å². The minimum absolute atomic E-state index is 0.610. The highest BCUT2D eigenvalue weighted by atomic mass is 16.5. The lowest BCUT2D eigenvalue weighted by Gasteiger charge is -2.15. The van der Waals surface area contributed by atoms with Crippen LogP contribution in [0, 0.1) is 0 Å². The molecule has 1 aromatic heterocycles. The standard InChI is InChI=1S/C10H12O2/c1-7(2)9-5-11-6-10-8(9)3-4-12-10/h3-4H,5-6H2,1-2H3. The van der Waals surface area contributed by atoms with E-state index in [-0.39, 0.29) is 0 Å². The minimum atomic E-state index is 0.610. The lowest BCUT2D eigenvalue weighted by molar-refractivity contribution is 0.127. The maximum absolute atomic E-state index is 5.38. The van der Waals surface area contributed by atoms with Crippen LogP contribution in [-0.2, 0) is 11.3 Å². The van der Waals surface area contributed by atoms with Gasteiger partial charge in [0.05, 0.1) is 12.9 Å². The first-order chi connectivity index (χ1) is 5.79. The number of fused-ring (bicyclic) bond motifs is 1. The topological polar surface area (TPSA) is 22.4 Å². The first kappa shape index (κ1) is 7.62. The fourth-order valence-corrected chi connectivity index (χ4v) is 1.46. The third-order valence-electron chi connectivity index (χ3n) is 2.15. The zero-order chi connectivity index (χ0) is 8.55. The van der Waals surface area contributed by atoms with Crippen LogP contribution in [0.2, 0.25) is 0 Å². The van der Waals surface area contributed by atoms with Gasteiger partial charge in [0.25, 0.3) is 0 Å². The Morgan fingerprint density at radius 3 is 2.92 bits per heavy atom. The van der Waals surface area contributed by atoms with Gasteiger partial charge in [0.1, 0.15) is 12.4 Å². The van der Waals surface area contributed by atoms with Gasteiger partial charge in [0.15, 0.2) is 0 Å². The van der Waals surface area contributed by atoms with E-state index in [4.69, 9.17) is 9.15 Å². The summed E-state index contributed by atoms with van der Waals surface area (Å²) >= 11 is 0. The number of rotatable bonds is 0. The Hall–Kier alpha value is -1.02. The molecule has 0 N–H and O–H groups in total. The van der Waals surface area contributed by atoms with E-state index in [1.54, 1.807) is 6.26 Å². The summed E-state index contributed by atoms with van der Waals surface area (Å²) in [6, 6.07) is 2.01. The number of furan rings is 1. The van der Waals surface area contributed by atoms with Crippen LogP contribution in [0.1, 0.15) is 25.2 Å². The zero-order valence-corrected chi connectivity index (χ0v) is 7.39. The van der Waals surface area contributed by atoms with E-state index in [1.165, 1.54) is 16.7 Å². The fourth-order valence-electron chi connectivity index (χ4n) is 1.46. The molecular weight excluding hydrogens is 152 g/mol. The Morgan fingerprint density at radius 2 is 2.17 bits per heavy atom. The van der Waals surface area contributed by atoms with Gasteiger partial charge in [0, 0.05) is 5.56 Å². The van der Waals surface area contributed by atoms with E-state index in [2.05, 4.69) is 13.8 Å². The summed E-state index contributed by atoms with van der Waals surface area (Å²) in [6.45, 7) is 5.52. The largest absolute Gasteiger partial charge is 0.466 e. The minimum Gasteiger partial charge on any atom is -0.466 e. The quantitative estimate of drug-likeness (QED) is 0.588. The molecule has 0 aliphatic carbocycles. The molecule has 0 bridgehead atoms. The lowest BCUT2D eigenvalue weighted by Crippen LogP contribution is -2.07. The normalized spacial score (nSPS) is 16.0. The fraction of sp³-hybridized carbons (Fsp3) is 0.400. The van der Waals surface area contributed by atoms with E-state index in [0.717, 1.165) is 12.4 Å². The maximum atomic E-state index is 5.38. The Morgan fingerprint density at radius 1 is 1.33 bits per heavy atom. The second-order valence-corrected chi connectivity index (χ2v) is 3.23. The highest BCUT2D eigenvalue weighted by molar-refractivity contribution is 5.70. The van der Waals surface area contributed by atoms with Gasteiger partial charge in [-0.1, -0.05) is 5.57 Å². The molecule has 0 radical (unpaired) electrons. The molecule has 64 valence electrons. The van der Waals surface area contributed by atoms with Gasteiger partial charge >= 0.3 is 0 Å². The van der Waals surface area contributed by atoms with Crippen LogP contribution in [0.4, 0.5) is 0 Å². The monoisotopic (exact) mass is 164 g/mol. The van der Waals surface area contributed by atoms with Gasteiger partial charge < -0.3 is 9.15 Å². The van der Waals surface area contributed by atoms with Crippen LogP contribution >= 0.6 is 0 Å². The summed E-state index contributed by atoms with van der Waals surface area (Å²) in [5.41, 5.74) is 3.80. The van der Waals surface area contributed by atoms with Crippen LogP contribution in [-0.4, -0.2) is 6.61 Å². The van der Waals surface area contributed by atoms with Crippen molar-refractivity contribution >= 4 is 5.57 Å². The second kappa shape index (κ2) is 2.79. The summed E-state index contributed by atoms with van der Waals surface area (Å²) < 4.78 is 10.7. The lowest BCUT2D eigenvalue weighted by atomic mass is 10.0. The molecule has 0 atom stereocenters. The van der Waals surface area contributed by atoms with Crippen molar-refractivity contribution in [1.29, 1.82) is 0 Å². The summed E-state index contributed by atoms with van der Waals surface area (Å²) in [5.74, 6) is 0.956. The predicted octanol–water partition coefficient (Wildman–Crippen LogP) is 2.60. The van der Waals surface area contributed by atoms with Crippen molar-refractivity contribution in [2.75, 3.05) is 6.61 Å². The summed E-state index contributed by atoms with van der Waals surface area (Å²) in [4.78, 5) is 0. The van der Waals surface area contributed by atoms with Crippen molar-refractivity contribution in [2.45, 2.75) is 20.5 Å². The molecule has 1 aliphatic rings. The molecule has 0 fully saturated rings. The highest BCUT2D eigenvalue weighted by Gasteiger charge is 2.17. The Kier molecular flexibility index (Phi) is 1.77. The van der Waals surface area contributed by atoms with Gasteiger partial charge in [-0.25, -0.2) is 0 Å². The van der Waals surface area contributed by atoms with E-state index >= 15 is 0 Å². The predicted molar refractivity (Wildman–Crippen MR) is 46.6 cm³/mol. The second-order valence-electron chi connectivity index (χ2n) is 3.23. The molecule has 0 unspecified atom stereocenters. The first-order valence-corrected chi connectivity index (χ1v) is 4.10. The molecule has 0 aromatic carbocycles. The number of allylic oxidation sites excluding steroid dienone is 1. The van der Waals surface area contributed by atoms with Crippen molar-refractivity contribution in [3.05, 3.63) is 29.2 Å². The summed E-state index contributed by atoms with van der Waals surface area (Å²) in [6.07, 6.45) is 1.72. The van der Waals surface area contributed by atoms with Gasteiger partial charge in [-0.05, 0) is 25.5 Å². The summed E-state index contributed by atoms with van der Waals surface area (Å²) in [5, 5.41) is 0. The molecule has 0 amide bonds. The average Bonchev–Trinajstić information content (AvgIpc) is 2.49. The molecule has 2 heterocycles. The van der Waals surface area contributed by atoms with Crippen LogP contribution in [0.15, 0.2) is 22.3 Å². The van der Waals surface area contributed by atoms with Gasteiger partial charge in [-0.15, -0.1) is 0 Å². The van der Waals surface area contributed by atoms with E-state index in [9.17, 15) is 0 Å². The van der Waals surface area contributed by atoms with E-state index in [0.29, 0.717) is 6.61 Å². The van der Waals surface area contributed by atoms with Crippen molar-refractivity contribution in [3.63, 3.8) is 0 Å². The Labute approximate surface area is 71.8 Å². The van der Waals surface area contributed by atoms with Gasteiger partial charge in [-0.3, -0.25) is 0 Å².